The van der Waals surface area contributed by atoms with E-state index in [2.05, 4.69) is 58.1 Å². The molecular weight excluding hydrogens is 464 g/mol. The van der Waals surface area contributed by atoms with E-state index in [1.165, 1.54) is 0 Å². The van der Waals surface area contributed by atoms with E-state index < -0.39 is 0 Å². The average molecular weight is 507 g/mol. The number of nitrogens with one attached hydrogen (secondary N) is 1. The van der Waals surface area contributed by atoms with E-state index in [0.717, 1.165) is 54.7 Å². The highest BCUT2D eigenvalue weighted by Gasteiger charge is 2.23. The van der Waals surface area contributed by atoms with Crippen molar-refractivity contribution in [3.8, 4) is 22.8 Å². The molecule has 0 saturated carbocycles. The molecule has 1 heterocycles. The number of benzene rings is 2. The Kier molecular flexibility index (Phi) is 9.41. The summed E-state index contributed by atoms with van der Waals surface area (Å²) in [6.45, 7) is 15.0. The van der Waals surface area contributed by atoms with Crippen LogP contribution < -0.4 is 14.8 Å². The van der Waals surface area contributed by atoms with Crippen LogP contribution in [0.1, 0.15) is 88.9 Å². The summed E-state index contributed by atoms with van der Waals surface area (Å²) in [6, 6.07) is 15.8. The summed E-state index contributed by atoms with van der Waals surface area (Å²) >= 11 is 0. The van der Waals surface area contributed by atoms with Crippen molar-refractivity contribution in [2.24, 2.45) is 0 Å². The lowest BCUT2D eigenvalue weighted by Gasteiger charge is -2.29. The molecule has 0 spiro atoms. The lowest BCUT2D eigenvalue weighted by molar-refractivity contribution is 0.0941. The predicted octanol–water partition coefficient (Wildman–Crippen LogP) is 7.54. The second kappa shape index (κ2) is 12.3. The molecule has 2 aromatic carbocycles. The standard InChI is InChI=1S/C31H42N2O4/c1-8-30(4,5)35-25-19-18-23(26(21-25)36-31(6,7)9-2)15-13-14-20-32-29(34)27-22(3)37-33-28(27)24-16-11-10-12-17-24/h10-12,16-19,21H,8-9,13-15,20H2,1-7H3,(H,32,34). The third-order valence-electron chi connectivity index (χ3n) is 6.82. The van der Waals surface area contributed by atoms with Crippen LogP contribution in [-0.2, 0) is 6.42 Å². The monoisotopic (exact) mass is 506 g/mol. The molecule has 0 saturated heterocycles. The van der Waals surface area contributed by atoms with Gasteiger partial charge in [0.25, 0.3) is 5.91 Å². The van der Waals surface area contributed by atoms with Gasteiger partial charge < -0.3 is 19.3 Å². The van der Waals surface area contributed by atoms with Gasteiger partial charge >= 0.3 is 0 Å². The molecule has 200 valence electrons. The van der Waals surface area contributed by atoms with Crippen molar-refractivity contribution in [3.05, 3.63) is 65.4 Å². The maximum atomic E-state index is 12.9. The molecule has 0 bridgehead atoms. The summed E-state index contributed by atoms with van der Waals surface area (Å²) in [6.07, 6.45) is 4.42. The highest BCUT2D eigenvalue weighted by Crippen LogP contribution is 2.32. The summed E-state index contributed by atoms with van der Waals surface area (Å²) in [5.41, 5.74) is 2.58. The Bertz CT molecular complexity index is 1170. The zero-order valence-electron chi connectivity index (χ0n) is 23.4. The van der Waals surface area contributed by atoms with Gasteiger partial charge in [-0.15, -0.1) is 0 Å². The first-order valence-electron chi connectivity index (χ1n) is 13.4. The van der Waals surface area contributed by atoms with Gasteiger partial charge in [0.2, 0.25) is 0 Å². The van der Waals surface area contributed by atoms with Gasteiger partial charge in [-0.2, -0.15) is 0 Å². The van der Waals surface area contributed by atoms with E-state index in [1.807, 2.05) is 42.5 Å². The smallest absolute Gasteiger partial charge is 0.257 e. The Balaban J connectivity index is 1.61. The number of hydrogen-bond donors (Lipinski definition) is 1. The van der Waals surface area contributed by atoms with Crippen LogP contribution in [-0.4, -0.2) is 28.8 Å². The lowest BCUT2D eigenvalue weighted by Crippen LogP contribution is -2.28. The normalized spacial score (nSPS) is 11.9. The van der Waals surface area contributed by atoms with E-state index >= 15 is 0 Å². The Morgan fingerprint density at radius 1 is 0.946 bits per heavy atom. The zero-order chi connectivity index (χ0) is 27.1. The highest BCUT2D eigenvalue weighted by molar-refractivity contribution is 6.00. The number of hydrogen-bond acceptors (Lipinski definition) is 5. The van der Waals surface area contributed by atoms with Gasteiger partial charge in [-0.05, 0) is 78.4 Å². The molecule has 37 heavy (non-hydrogen) atoms. The lowest BCUT2D eigenvalue weighted by atomic mass is 10.0. The summed E-state index contributed by atoms with van der Waals surface area (Å²) in [7, 11) is 0. The molecule has 0 aliphatic carbocycles. The van der Waals surface area contributed by atoms with Crippen LogP contribution in [0.2, 0.25) is 0 Å². The van der Waals surface area contributed by atoms with Crippen LogP contribution in [0.5, 0.6) is 11.5 Å². The third kappa shape index (κ3) is 7.85. The zero-order valence-corrected chi connectivity index (χ0v) is 23.4. The van der Waals surface area contributed by atoms with Crippen LogP contribution >= 0.6 is 0 Å². The Labute approximate surface area is 221 Å². The van der Waals surface area contributed by atoms with E-state index in [-0.39, 0.29) is 17.1 Å². The SMILES string of the molecule is CCC(C)(C)Oc1ccc(CCCCNC(=O)c2c(-c3ccccc3)noc2C)c(OC(C)(C)CC)c1. The molecule has 1 amide bonds. The number of rotatable bonds is 13. The van der Waals surface area contributed by atoms with E-state index in [0.29, 0.717) is 23.6 Å². The molecule has 3 rings (SSSR count). The van der Waals surface area contributed by atoms with Gasteiger partial charge in [0.1, 0.15) is 39.7 Å². The summed E-state index contributed by atoms with van der Waals surface area (Å²) in [4.78, 5) is 12.9. The topological polar surface area (TPSA) is 73.6 Å². The van der Waals surface area contributed by atoms with Crippen molar-refractivity contribution in [3.63, 3.8) is 0 Å². The van der Waals surface area contributed by atoms with Gasteiger partial charge in [0.05, 0.1) is 0 Å². The summed E-state index contributed by atoms with van der Waals surface area (Å²) in [5, 5.41) is 7.15. The molecule has 0 aliphatic rings. The van der Waals surface area contributed by atoms with Crippen molar-refractivity contribution >= 4 is 5.91 Å². The second-order valence-electron chi connectivity index (χ2n) is 10.7. The fourth-order valence-corrected chi connectivity index (χ4v) is 3.82. The summed E-state index contributed by atoms with van der Waals surface area (Å²) < 4.78 is 18.0. The minimum atomic E-state index is -0.269. The Hall–Kier alpha value is -3.28. The van der Waals surface area contributed by atoms with Crippen LogP contribution in [0.15, 0.2) is 53.1 Å². The fourth-order valence-electron chi connectivity index (χ4n) is 3.82. The van der Waals surface area contributed by atoms with Gasteiger partial charge in [-0.3, -0.25) is 4.79 Å². The maximum Gasteiger partial charge on any atom is 0.257 e. The van der Waals surface area contributed by atoms with Gasteiger partial charge in [-0.1, -0.05) is 55.4 Å². The fraction of sp³-hybridized carbons (Fsp3) is 0.484. The van der Waals surface area contributed by atoms with E-state index in [1.54, 1.807) is 6.92 Å². The molecule has 0 aliphatic heterocycles. The molecule has 0 fully saturated rings. The summed E-state index contributed by atoms with van der Waals surface area (Å²) in [5.74, 6) is 2.05. The van der Waals surface area contributed by atoms with E-state index in [9.17, 15) is 4.79 Å². The maximum absolute atomic E-state index is 12.9. The average Bonchev–Trinajstić information content (AvgIpc) is 3.26. The third-order valence-corrected chi connectivity index (χ3v) is 6.82. The van der Waals surface area contributed by atoms with E-state index in [4.69, 9.17) is 14.0 Å². The molecule has 0 atom stereocenters. The molecule has 6 nitrogen and oxygen atoms in total. The van der Waals surface area contributed by atoms with Gasteiger partial charge in [0.15, 0.2) is 0 Å². The number of aromatic nitrogens is 1. The van der Waals surface area contributed by atoms with Crippen LogP contribution in [0.3, 0.4) is 0 Å². The first-order chi connectivity index (χ1) is 17.5. The minimum absolute atomic E-state index is 0.161. The molecular formula is C31H42N2O4. The minimum Gasteiger partial charge on any atom is -0.488 e. The van der Waals surface area contributed by atoms with Crippen LogP contribution in [0, 0.1) is 6.92 Å². The number of carbonyl (C=O) groups excluding carboxylic acids is 1. The Morgan fingerprint density at radius 3 is 2.30 bits per heavy atom. The molecule has 0 radical (unpaired) electrons. The largest absolute Gasteiger partial charge is 0.488 e. The molecule has 6 heteroatoms. The highest BCUT2D eigenvalue weighted by atomic mass is 16.5. The van der Waals surface area contributed by atoms with Gasteiger partial charge in [-0.25, -0.2) is 0 Å². The van der Waals surface area contributed by atoms with Crippen molar-refractivity contribution < 1.29 is 18.8 Å². The first kappa shape index (κ1) is 28.3. The predicted molar refractivity (Wildman–Crippen MR) is 148 cm³/mol. The number of nitrogens with zero attached hydrogens (tertiary/aromatic N) is 1. The van der Waals surface area contributed by atoms with Crippen LogP contribution in [0.25, 0.3) is 11.3 Å². The van der Waals surface area contributed by atoms with Crippen molar-refractivity contribution in [1.82, 2.24) is 10.5 Å². The quantitative estimate of drug-likeness (QED) is 0.242. The molecule has 1 N–H and O–H groups in total. The number of unbranched alkanes of at least 4 members (excludes halogenated alkanes) is 1. The van der Waals surface area contributed by atoms with Crippen molar-refractivity contribution in [2.75, 3.05) is 6.54 Å². The number of aryl methyl sites for hydroxylation is 2. The molecule has 3 aromatic rings. The molecule has 0 unspecified atom stereocenters. The second-order valence-corrected chi connectivity index (χ2v) is 10.7. The molecule has 1 aromatic heterocycles. The Morgan fingerprint density at radius 2 is 1.62 bits per heavy atom. The van der Waals surface area contributed by atoms with Gasteiger partial charge in [0, 0.05) is 18.2 Å². The number of amides is 1. The first-order valence-corrected chi connectivity index (χ1v) is 13.4. The van der Waals surface area contributed by atoms with Crippen molar-refractivity contribution in [2.45, 2.75) is 91.8 Å². The van der Waals surface area contributed by atoms with Crippen LogP contribution in [0.4, 0.5) is 0 Å². The number of carbonyl (C=O) groups is 1. The van der Waals surface area contributed by atoms with Crippen molar-refractivity contribution in [1.29, 1.82) is 0 Å². The number of ether oxygens (including phenoxy) is 2.